The van der Waals surface area contributed by atoms with Gasteiger partial charge in [-0.2, -0.15) is 0 Å². The Labute approximate surface area is 190 Å². The number of rotatable bonds is 6. The van der Waals surface area contributed by atoms with Gasteiger partial charge in [0.2, 0.25) is 0 Å². The molecule has 7 nitrogen and oxygen atoms in total. The molecule has 2 N–H and O–H groups in total. The molecule has 1 saturated carbocycles. The highest BCUT2D eigenvalue weighted by Crippen LogP contribution is 2.22. The van der Waals surface area contributed by atoms with E-state index in [9.17, 15) is 18.0 Å². The number of carbonyl (C=O) groups excluding carboxylic acids is 2. The molecular formula is C22H25BrN2O5S. The predicted molar refractivity (Wildman–Crippen MR) is 120 cm³/mol. The average molecular weight is 509 g/mol. The first-order valence-electron chi connectivity index (χ1n) is 10.1. The molecule has 0 heterocycles. The van der Waals surface area contributed by atoms with Gasteiger partial charge in [-0.15, -0.1) is 0 Å². The molecule has 2 aromatic rings. The standard InChI is InChI=1S/C22H25BrN2O5S/c1-15(30-21(26)17-7-11-18(23)12-8-17)16-9-13-20(14-10-16)31(28,29)25-22(27)24-19-5-3-2-4-6-19/h7-15,19H,2-6H2,1H3,(H2,24,25,27). The molecule has 0 spiro atoms. The fraction of sp³-hybridized carbons (Fsp3) is 0.364. The number of esters is 1. The van der Waals surface area contributed by atoms with Crippen LogP contribution in [0.4, 0.5) is 4.79 Å². The van der Waals surface area contributed by atoms with E-state index in [0.29, 0.717) is 11.1 Å². The first kappa shape index (κ1) is 23.3. The van der Waals surface area contributed by atoms with Gasteiger partial charge < -0.3 is 10.1 Å². The molecule has 0 bridgehead atoms. The van der Waals surface area contributed by atoms with Crippen molar-refractivity contribution in [2.45, 2.75) is 56.1 Å². The first-order valence-corrected chi connectivity index (χ1v) is 12.4. The Kier molecular flexibility index (Phi) is 7.72. The molecule has 2 amide bonds. The molecule has 9 heteroatoms. The maximum Gasteiger partial charge on any atom is 0.338 e. The van der Waals surface area contributed by atoms with Crippen LogP contribution >= 0.6 is 15.9 Å². The van der Waals surface area contributed by atoms with Crippen LogP contribution in [0.5, 0.6) is 0 Å². The number of urea groups is 1. The molecule has 0 aliphatic heterocycles. The molecule has 0 radical (unpaired) electrons. The summed E-state index contributed by atoms with van der Waals surface area (Å²) in [5.41, 5.74) is 1.05. The summed E-state index contributed by atoms with van der Waals surface area (Å²) in [5.74, 6) is -0.474. The van der Waals surface area contributed by atoms with E-state index >= 15 is 0 Å². The van der Waals surface area contributed by atoms with Gasteiger partial charge in [0.05, 0.1) is 10.5 Å². The second-order valence-electron chi connectivity index (χ2n) is 7.54. The smallest absolute Gasteiger partial charge is 0.338 e. The van der Waals surface area contributed by atoms with E-state index in [0.717, 1.165) is 36.6 Å². The van der Waals surface area contributed by atoms with Gasteiger partial charge in [0.1, 0.15) is 6.10 Å². The van der Waals surface area contributed by atoms with Crippen molar-refractivity contribution in [1.29, 1.82) is 0 Å². The lowest BCUT2D eigenvalue weighted by Gasteiger charge is -2.22. The molecule has 1 unspecified atom stereocenters. The van der Waals surface area contributed by atoms with E-state index in [2.05, 4.69) is 26.0 Å². The van der Waals surface area contributed by atoms with Crippen LogP contribution in [0.15, 0.2) is 57.9 Å². The molecule has 1 atom stereocenters. The lowest BCUT2D eigenvalue weighted by atomic mass is 9.96. The summed E-state index contributed by atoms with van der Waals surface area (Å²) >= 11 is 3.31. The van der Waals surface area contributed by atoms with Gasteiger partial charge in [-0.25, -0.2) is 22.7 Å². The Morgan fingerprint density at radius 1 is 1.00 bits per heavy atom. The van der Waals surface area contributed by atoms with E-state index in [1.54, 1.807) is 43.3 Å². The molecule has 2 aromatic carbocycles. The predicted octanol–water partition coefficient (Wildman–Crippen LogP) is 4.69. The van der Waals surface area contributed by atoms with E-state index in [1.807, 2.05) is 0 Å². The topological polar surface area (TPSA) is 102 Å². The highest BCUT2D eigenvalue weighted by atomic mass is 79.9. The number of sulfonamides is 1. The number of ether oxygens (including phenoxy) is 1. The number of nitrogens with one attached hydrogen (secondary N) is 2. The Hall–Kier alpha value is -2.39. The summed E-state index contributed by atoms with van der Waals surface area (Å²) < 4.78 is 33.4. The summed E-state index contributed by atoms with van der Waals surface area (Å²) in [6, 6.07) is 12.0. The van der Waals surface area contributed by atoms with Gasteiger partial charge in [0, 0.05) is 10.5 Å². The van der Waals surface area contributed by atoms with Crippen molar-refractivity contribution in [3.8, 4) is 0 Å². The van der Waals surface area contributed by atoms with Crippen molar-refractivity contribution < 1.29 is 22.7 Å². The monoisotopic (exact) mass is 508 g/mol. The van der Waals surface area contributed by atoms with Crippen molar-refractivity contribution in [2.24, 2.45) is 0 Å². The van der Waals surface area contributed by atoms with Crippen LogP contribution in [0.3, 0.4) is 0 Å². The van der Waals surface area contributed by atoms with Crippen LogP contribution in [-0.2, 0) is 14.8 Å². The quantitative estimate of drug-likeness (QED) is 0.551. The van der Waals surface area contributed by atoms with Crippen molar-refractivity contribution >= 4 is 38.0 Å². The third-order valence-corrected chi connectivity index (χ3v) is 7.07. The Morgan fingerprint density at radius 3 is 2.23 bits per heavy atom. The van der Waals surface area contributed by atoms with Crippen LogP contribution in [0.1, 0.15) is 61.1 Å². The van der Waals surface area contributed by atoms with Crippen LogP contribution < -0.4 is 10.0 Å². The van der Waals surface area contributed by atoms with Gasteiger partial charge in [-0.05, 0) is 61.7 Å². The number of hydrogen-bond acceptors (Lipinski definition) is 5. The fourth-order valence-electron chi connectivity index (χ4n) is 3.44. The van der Waals surface area contributed by atoms with Crippen LogP contribution in [0, 0.1) is 0 Å². The molecule has 1 fully saturated rings. The van der Waals surface area contributed by atoms with Gasteiger partial charge in [0.25, 0.3) is 10.0 Å². The maximum atomic E-state index is 12.5. The molecule has 1 aliphatic carbocycles. The van der Waals surface area contributed by atoms with Crippen LogP contribution in [0.25, 0.3) is 0 Å². The molecule has 0 aromatic heterocycles. The number of hydrogen-bond donors (Lipinski definition) is 2. The molecule has 166 valence electrons. The summed E-state index contributed by atoms with van der Waals surface area (Å²) in [4.78, 5) is 24.3. The Bertz CT molecular complexity index is 1020. The van der Waals surface area contributed by atoms with Crippen LogP contribution in [-0.4, -0.2) is 26.5 Å². The summed E-state index contributed by atoms with van der Waals surface area (Å²) in [6.45, 7) is 1.70. The first-order chi connectivity index (χ1) is 14.7. The third kappa shape index (κ3) is 6.54. The second-order valence-corrected chi connectivity index (χ2v) is 10.1. The van der Waals surface area contributed by atoms with Crippen LogP contribution in [0.2, 0.25) is 0 Å². The molecule has 0 saturated heterocycles. The molecule has 31 heavy (non-hydrogen) atoms. The van der Waals surface area contributed by atoms with E-state index in [1.165, 1.54) is 12.1 Å². The minimum Gasteiger partial charge on any atom is -0.454 e. The fourth-order valence-corrected chi connectivity index (χ4v) is 4.62. The van der Waals surface area contributed by atoms with Gasteiger partial charge in [0.15, 0.2) is 0 Å². The summed E-state index contributed by atoms with van der Waals surface area (Å²) in [5, 5.41) is 2.73. The normalized spacial score (nSPS) is 15.7. The molecular weight excluding hydrogens is 484 g/mol. The zero-order valence-electron chi connectivity index (χ0n) is 17.1. The van der Waals surface area contributed by atoms with E-state index < -0.39 is 28.1 Å². The highest BCUT2D eigenvalue weighted by molar-refractivity contribution is 9.10. The number of benzene rings is 2. The van der Waals surface area contributed by atoms with Gasteiger partial charge >= 0.3 is 12.0 Å². The van der Waals surface area contributed by atoms with Crippen molar-refractivity contribution in [2.75, 3.05) is 0 Å². The average Bonchev–Trinajstić information content (AvgIpc) is 2.74. The number of halogens is 1. The van der Waals surface area contributed by atoms with Gasteiger partial charge in [-0.1, -0.05) is 47.3 Å². The van der Waals surface area contributed by atoms with E-state index in [4.69, 9.17) is 4.74 Å². The minimum atomic E-state index is -4.00. The van der Waals surface area contributed by atoms with Crippen molar-refractivity contribution in [1.82, 2.24) is 10.0 Å². The highest BCUT2D eigenvalue weighted by Gasteiger charge is 2.22. The van der Waals surface area contributed by atoms with Crippen molar-refractivity contribution in [3.05, 3.63) is 64.1 Å². The second kappa shape index (κ2) is 10.3. The molecule has 1 aliphatic rings. The Morgan fingerprint density at radius 2 is 1.61 bits per heavy atom. The zero-order chi connectivity index (χ0) is 22.4. The SMILES string of the molecule is CC(OC(=O)c1ccc(Br)cc1)c1ccc(S(=O)(=O)NC(=O)NC2CCCCC2)cc1. The largest absolute Gasteiger partial charge is 0.454 e. The number of amides is 2. The Balaban J connectivity index is 1.59. The minimum absolute atomic E-state index is 0.00703. The zero-order valence-corrected chi connectivity index (χ0v) is 19.5. The number of carbonyl (C=O) groups is 2. The van der Waals surface area contributed by atoms with Gasteiger partial charge in [-0.3, -0.25) is 0 Å². The third-order valence-electron chi connectivity index (χ3n) is 5.19. The summed E-state index contributed by atoms with van der Waals surface area (Å²) in [6.07, 6.45) is 4.35. The van der Waals surface area contributed by atoms with E-state index in [-0.39, 0.29) is 10.9 Å². The maximum absolute atomic E-state index is 12.5. The summed E-state index contributed by atoms with van der Waals surface area (Å²) in [7, 11) is -4.00. The lowest BCUT2D eigenvalue weighted by Crippen LogP contribution is -2.45. The molecule has 3 rings (SSSR count). The van der Waals surface area contributed by atoms with Crippen molar-refractivity contribution in [3.63, 3.8) is 0 Å². The lowest BCUT2D eigenvalue weighted by molar-refractivity contribution is 0.0337.